The molecule has 1 aliphatic carbocycles. The molecule has 0 radical (unpaired) electrons. The third kappa shape index (κ3) is 5.46. The summed E-state index contributed by atoms with van der Waals surface area (Å²) in [5.41, 5.74) is 0.818. The van der Waals surface area contributed by atoms with Crippen molar-refractivity contribution in [3.63, 3.8) is 0 Å². The lowest BCUT2D eigenvalue weighted by Gasteiger charge is -2.32. The van der Waals surface area contributed by atoms with Gasteiger partial charge >= 0.3 is 0 Å². The Morgan fingerprint density at radius 1 is 1.11 bits per heavy atom. The van der Waals surface area contributed by atoms with E-state index in [0.717, 1.165) is 23.5 Å². The van der Waals surface area contributed by atoms with Crippen molar-refractivity contribution in [2.24, 2.45) is 4.99 Å². The Labute approximate surface area is 171 Å². The van der Waals surface area contributed by atoms with Gasteiger partial charge in [-0.05, 0) is 37.5 Å². The monoisotopic (exact) mass is 437 g/mol. The van der Waals surface area contributed by atoms with Crippen LogP contribution in [-0.2, 0) is 10.2 Å². The SMILES string of the molecule is CCNC(=NCC1(O)CCOCC1)NCC1(c2ccc(Br)cc2)CCCC1. The number of aliphatic hydroxyl groups is 1. The van der Waals surface area contributed by atoms with Crippen molar-refractivity contribution >= 4 is 21.9 Å². The van der Waals surface area contributed by atoms with Gasteiger partial charge in [0.1, 0.15) is 0 Å². The molecule has 2 aliphatic rings. The van der Waals surface area contributed by atoms with Crippen molar-refractivity contribution < 1.29 is 9.84 Å². The minimum atomic E-state index is -0.739. The molecule has 0 amide bonds. The van der Waals surface area contributed by atoms with Gasteiger partial charge in [-0.15, -0.1) is 0 Å². The predicted molar refractivity (Wildman–Crippen MR) is 113 cm³/mol. The number of ether oxygens (including phenoxy) is 1. The Balaban J connectivity index is 1.67. The number of benzene rings is 1. The van der Waals surface area contributed by atoms with Crippen molar-refractivity contribution in [3.8, 4) is 0 Å². The molecular formula is C21H32BrN3O2. The fourth-order valence-electron chi connectivity index (χ4n) is 4.15. The van der Waals surface area contributed by atoms with E-state index in [9.17, 15) is 5.11 Å². The maximum Gasteiger partial charge on any atom is 0.191 e. The lowest BCUT2D eigenvalue weighted by atomic mass is 9.79. The zero-order valence-corrected chi connectivity index (χ0v) is 17.9. The first-order chi connectivity index (χ1) is 13.1. The Morgan fingerprint density at radius 2 is 1.78 bits per heavy atom. The van der Waals surface area contributed by atoms with Gasteiger partial charge in [0.05, 0.1) is 12.1 Å². The number of hydrogen-bond donors (Lipinski definition) is 3. The molecule has 0 unspecified atom stereocenters. The maximum atomic E-state index is 10.7. The third-order valence-corrected chi connectivity index (χ3v) is 6.44. The molecule has 27 heavy (non-hydrogen) atoms. The van der Waals surface area contributed by atoms with Crippen LogP contribution >= 0.6 is 15.9 Å². The van der Waals surface area contributed by atoms with Crippen LogP contribution in [-0.4, -0.2) is 49.5 Å². The number of guanidine groups is 1. The van der Waals surface area contributed by atoms with E-state index in [1.54, 1.807) is 0 Å². The van der Waals surface area contributed by atoms with Crippen molar-refractivity contribution in [2.45, 2.75) is 56.5 Å². The van der Waals surface area contributed by atoms with Crippen LogP contribution in [0.3, 0.4) is 0 Å². The molecule has 0 bridgehead atoms. The summed E-state index contributed by atoms with van der Waals surface area (Å²) in [7, 11) is 0. The van der Waals surface area contributed by atoms with Crippen molar-refractivity contribution in [1.29, 1.82) is 0 Å². The molecule has 1 aromatic carbocycles. The van der Waals surface area contributed by atoms with E-state index in [0.29, 0.717) is 32.6 Å². The van der Waals surface area contributed by atoms with Crippen molar-refractivity contribution in [2.75, 3.05) is 32.8 Å². The Kier molecular flexibility index (Phi) is 7.17. The van der Waals surface area contributed by atoms with E-state index in [1.807, 2.05) is 0 Å². The molecule has 0 aromatic heterocycles. The van der Waals surface area contributed by atoms with Crippen LogP contribution in [0.1, 0.15) is 51.0 Å². The highest BCUT2D eigenvalue weighted by Gasteiger charge is 2.36. The van der Waals surface area contributed by atoms with Crippen molar-refractivity contribution in [1.82, 2.24) is 10.6 Å². The summed E-state index contributed by atoms with van der Waals surface area (Å²) in [6.07, 6.45) is 6.23. The number of nitrogens with zero attached hydrogens (tertiary/aromatic N) is 1. The van der Waals surface area contributed by atoms with Gasteiger partial charge in [-0.2, -0.15) is 0 Å². The van der Waals surface area contributed by atoms with Crippen molar-refractivity contribution in [3.05, 3.63) is 34.3 Å². The molecular weight excluding hydrogens is 406 g/mol. The summed E-state index contributed by atoms with van der Waals surface area (Å²) in [5.74, 6) is 0.792. The Morgan fingerprint density at radius 3 is 2.41 bits per heavy atom. The minimum absolute atomic E-state index is 0.159. The quantitative estimate of drug-likeness (QED) is 0.471. The van der Waals surface area contributed by atoms with Crippen LogP contribution < -0.4 is 10.6 Å². The molecule has 6 heteroatoms. The summed E-state index contributed by atoms with van der Waals surface area (Å²) >= 11 is 3.54. The summed E-state index contributed by atoms with van der Waals surface area (Å²) in [5, 5.41) is 17.6. The van der Waals surface area contributed by atoms with E-state index >= 15 is 0 Å². The molecule has 0 spiro atoms. The lowest BCUT2D eigenvalue weighted by Crippen LogP contribution is -2.46. The van der Waals surface area contributed by atoms with Gasteiger partial charge in [0.15, 0.2) is 5.96 Å². The maximum absolute atomic E-state index is 10.7. The molecule has 0 atom stereocenters. The lowest BCUT2D eigenvalue weighted by molar-refractivity contribution is -0.0565. The number of aliphatic imine (C=N–C) groups is 1. The molecule has 3 rings (SSSR count). The molecule has 1 saturated carbocycles. The fraction of sp³-hybridized carbons (Fsp3) is 0.667. The highest BCUT2D eigenvalue weighted by atomic mass is 79.9. The Hall–Kier alpha value is -1.11. The molecule has 2 fully saturated rings. The van der Waals surface area contributed by atoms with Crippen LogP contribution in [0.2, 0.25) is 0 Å². The zero-order valence-electron chi connectivity index (χ0n) is 16.3. The minimum Gasteiger partial charge on any atom is -0.388 e. The molecule has 5 nitrogen and oxygen atoms in total. The van der Waals surface area contributed by atoms with Gasteiger partial charge in [-0.3, -0.25) is 4.99 Å². The number of rotatable bonds is 6. The first-order valence-electron chi connectivity index (χ1n) is 10.1. The molecule has 3 N–H and O–H groups in total. The van der Waals surface area contributed by atoms with E-state index < -0.39 is 5.60 Å². The van der Waals surface area contributed by atoms with Crippen LogP contribution in [0.4, 0.5) is 0 Å². The molecule has 1 heterocycles. The zero-order chi connectivity index (χ0) is 19.2. The fourth-order valence-corrected chi connectivity index (χ4v) is 4.42. The van der Waals surface area contributed by atoms with Crippen LogP contribution in [0.25, 0.3) is 0 Å². The second-order valence-electron chi connectivity index (χ2n) is 7.88. The second kappa shape index (κ2) is 9.39. The predicted octanol–water partition coefficient (Wildman–Crippen LogP) is 3.36. The normalized spacial score (nSPS) is 21.8. The van der Waals surface area contributed by atoms with Gasteiger partial charge < -0.3 is 20.5 Å². The van der Waals surface area contributed by atoms with Gasteiger partial charge in [-0.25, -0.2) is 0 Å². The smallest absolute Gasteiger partial charge is 0.191 e. The summed E-state index contributed by atoms with van der Waals surface area (Å²) in [6, 6.07) is 8.75. The van der Waals surface area contributed by atoms with E-state index in [2.05, 4.69) is 57.8 Å². The highest BCUT2D eigenvalue weighted by Crippen LogP contribution is 2.41. The van der Waals surface area contributed by atoms with Crippen LogP contribution in [0.15, 0.2) is 33.7 Å². The number of halogens is 1. The van der Waals surface area contributed by atoms with E-state index in [1.165, 1.54) is 31.2 Å². The largest absolute Gasteiger partial charge is 0.388 e. The summed E-state index contributed by atoms with van der Waals surface area (Å²) in [4.78, 5) is 4.69. The standard InChI is InChI=1S/C21H32BrN3O2/c1-2-23-19(25-16-21(26)11-13-27-14-12-21)24-15-20(9-3-4-10-20)17-5-7-18(22)8-6-17/h5-8,26H,2-4,9-16H2,1H3,(H2,23,24,25). The highest BCUT2D eigenvalue weighted by molar-refractivity contribution is 9.10. The molecule has 1 aliphatic heterocycles. The summed E-state index contributed by atoms with van der Waals surface area (Å²) in [6.45, 7) is 5.38. The summed E-state index contributed by atoms with van der Waals surface area (Å²) < 4.78 is 6.48. The average Bonchev–Trinajstić information content (AvgIpc) is 3.15. The van der Waals surface area contributed by atoms with Gasteiger partial charge in [0.2, 0.25) is 0 Å². The van der Waals surface area contributed by atoms with Crippen LogP contribution in [0.5, 0.6) is 0 Å². The van der Waals surface area contributed by atoms with E-state index in [4.69, 9.17) is 9.73 Å². The Bertz CT molecular complexity index is 621. The van der Waals surface area contributed by atoms with Gasteiger partial charge in [-0.1, -0.05) is 40.9 Å². The molecule has 1 saturated heterocycles. The number of hydrogen-bond acceptors (Lipinski definition) is 3. The first kappa shape index (κ1) is 20.6. The number of nitrogens with one attached hydrogen (secondary N) is 2. The molecule has 150 valence electrons. The second-order valence-corrected chi connectivity index (χ2v) is 8.80. The van der Waals surface area contributed by atoms with Gasteiger partial charge in [0, 0.05) is 49.0 Å². The average molecular weight is 438 g/mol. The third-order valence-electron chi connectivity index (χ3n) is 5.91. The molecule has 1 aromatic rings. The van der Waals surface area contributed by atoms with Crippen LogP contribution in [0, 0.1) is 0 Å². The first-order valence-corrected chi connectivity index (χ1v) is 10.9. The van der Waals surface area contributed by atoms with Gasteiger partial charge in [0.25, 0.3) is 0 Å². The topological polar surface area (TPSA) is 65.9 Å². The van der Waals surface area contributed by atoms with E-state index in [-0.39, 0.29) is 5.41 Å².